The molecule has 0 spiro atoms. The second kappa shape index (κ2) is 10.8. The van der Waals surface area contributed by atoms with Crippen molar-refractivity contribution in [2.45, 2.75) is 52.4 Å². The molecule has 0 saturated carbocycles. The van der Waals surface area contributed by atoms with Gasteiger partial charge in [-0.15, -0.1) is 0 Å². The molecule has 3 aromatic rings. The van der Waals surface area contributed by atoms with Gasteiger partial charge < -0.3 is 24.1 Å². The third-order valence-corrected chi connectivity index (χ3v) is 5.07. The van der Waals surface area contributed by atoms with Crippen molar-refractivity contribution in [1.29, 1.82) is 0 Å². The summed E-state index contributed by atoms with van der Waals surface area (Å²) in [7, 11) is 0. The molecule has 6 nitrogen and oxygen atoms in total. The van der Waals surface area contributed by atoms with E-state index in [-0.39, 0.29) is 22.5 Å². The zero-order valence-electron chi connectivity index (χ0n) is 18.1. The predicted molar refractivity (Wildman–Crippen MR) is 121 cm³/mol. The molecule has 0 atom stereocenters. The number of unbranched alkanes of at least 4 members (excludes halogenated alkanes) is 4. The number of phenols is 1. The SMILES string of the molecule is CCCCCOc1ccc(-c2oc3cc(OCCCCC)cc(O)c3c(=O)c2O)cc1. The Morgan fingerprint density at radius 2 is 1.45 bits per heavy atom. The van der Waals surface area contributed by atoms with Crippen molar-refractivity contribution in [2.75, 3.05) is 13.2 Å². The smallest absolute Gasteiger partial charge is 0.238 e. The summed E-state index contributed by atoms with van der Waals surface area (Å²) in [5.74, 6) is 0.336. The Kier molecular flexibility index (Phi) is 7.82. The van der Waals surface area contributed by atoms with Crippen molar-refractivity contribution in [3.8, 4) is 34.3 Å². The standard InChI is InChI=1S/C25H30O6/c1-3-5-7-13-29-18-11-9-17(10-12-18)25-24(28)23(27)22-20(26)15-19(16-21(22)31-25)30-14-8-6-4-2/h9-12,15-16,26,28H,3-8,13-14H2,1-2H3. The monoisotopic (exact) mass is 426 g/mol. The van der Waals surface area contributed by atoms with Crippen molar-refractivity contribution >= 4 is 11.0 Å². The van der Waals surface area contributed by atoms with Crippen LogP contribution >= 0.6 is 0 Å². The van der Waals surface area contributed by atoms with Crippen LogP contribution in [0.5, 0.6) is 23.0 Å². The zero-order chi connectivity index (χ0) is 22.2. The molecular formula is C25H30O6. The number of benzene rings is 2. The van der Waals surface area contributed by atoms with E-state index in [1.807, 2.05) is 0 Å². The minimum absolute atomic E-state index is 0.0394. The first-order chi connectivity index (χ1) is 15.0. The van der Waals surface area contributed by atoms with Gasteiger partial charge in [-0.05, 0) is 37.1 Å². The van der Waals surface area contributed by atoms with Gasteiger partial charge in [-0.3, -0.25) is 4.79 Å². The molecule has 0 amide bonds. The minimum atomic E-state index is -0.689. The van der Waals surface area contributed by atoms with E-state index >= 15 is 0 Å². The van der Waals surface area contributed by atoms with Crippen LogP contribution < -0.4 is 14.9 Å². The summed E-state index contributed by atoms with van der Waals surface area (Å²) in [5, 5.41) is 20.7. The number of aromatic hydroxyl groups is 2. The Labute approximate surface area is 182 Å². The molecule has 1 aromatic heterocycles. The first kappa shape index (κ1) is 22.5. The molecule has 2 aromatic carbocycles. The largest absolute Gasteiger partial charge is 0.507 e. The summed E-state index contributed by atoms with van der Waals surface area (Å²) in [5.41, 5.74) is 0.000485. The molecule has 0 fully saturated rings. The summed E-state index contributed by atoms with van der Waals surface area (Å²) in [6.45, 7) is 5.40. The molecule has 0 saturated heterocycles. The quantitative estimate of drug-likeness (QED) is 0.365. The minimum Gasteiger partial charge on any atom is -0.507 e. The van der Waals surface area contributed by atoms with E-state index in [4.69, 9.17) is 13.9 Å². The molecule has 0 aliphatic rings. The van der Waals surface area contributed by atoms with Gasteiger partial charge in [0.2, 0.25) is 11.2 Å². The fourth-order valence-corrected chi connectivity index (χ4v) is 3.33. The molecule has 0 aliphatic heterocycles. The fourth-order valence-electron chi connectivity index (χ4n) is 3.33. The van der Waals surface area contributed by atoms with Crippen LogP contribution in [-0.2, 0) is 0 Å². The summed E-state index contributed by atoms with van der Waals surface area (Å²) < 4.78 is 17.2. The number of rotatable bonds is 11. The highest BCUT2D eigenvalue weighted by molar-refractivity contribution is 5.88. The van der Waals surface area contributed by atoms with Gasteiger partial charge in [0.15, 0.2) is 5.76 Å². The van der Waals surface area contributed by atoms with E-state index in [9.17, 15) is 15.0 Å². The summed E-state index contributed by atoms with van der Waals surface area (Å²) in [6, 6.07) is 9.94. The number of hydrogen-bond acceptors (Lipinski definition) is 6. The summed E-state index contributed by atoms with van der Waals surface area (Å²) in [4.78, 5) is 12.7. The molecule has 6 heteroatoms. The molecule has 0 unspecified atom stereocenters. The van der Waals surface area contributed by atoms with Gasteiger partial charge in [-0.1, -0.05) is 39.5 Å². The normalized spacial score (nSPS) is 11.0. The number of fused-ring (bicyclic) bond motifs is 1. The highest BCUT2D eigenvalue weighted by Crippen LogP contribution is 2.35. The van der Waals surface area contributed by atoms with E-state index in [0.717, 1.165) is 38.5 Å². The topological polar surface area (TPSA) is 89.1 Å². The summed E-state index contributed by atoms with van der Waals surface area (Å²) in [6.07, 6.45) is 6.25. The average Bonchev–Trinajstić information content (AvgIpc) is 2.77. The second-order valence-electron chi connectivity index (χ2n) is 7.56. The molecule has 3 rings (SSSR count). The zero-order valence-corrected chi connectivity index (χ0v) is 18.1. The highest BCUT2D eigenvalue weighted by Gasteiger charge is 2.19. The first-order valence-corrected chi connectivity index (χ1v) is 10.9. The maximum Gasteiger partial charge on any atom is 0.238 e. The lowest BCUT2D eigenvalue weighted by molar-refractivity contribution is 0.304. The molecular weight excluding hydrogens is 396 g/mol. The van der Waals surface area contributed by atoms with E-state index in [1.54, 1.807) is 30.3 Å². The van der Waals surface area contributed by atoms with Crippen molar-refractivity contribution in [1.82, 2.24) is 0 Å². The van der Waals surface area contributed by atoms with Gasteiger partial charge in [0, 0.05) is 17.7 Å². The van der Waals surface area contributed by atoms with Crippen LogP contribution in [0, 0.1) is 0 Å². The Morgan fingerprint density at radius 3 is 2.06 bits per heavy atom. The summed E-state index contributed by atoms with van der Waals surface area (Å²) >= 11 is 0. The van der Waals surface area contributed by atoms with Gasteiger partial charge in [-0.2, -0.15) is 0 Å². The molecule has 1 heterocycles. The van der Waals surface area contributed by atoms with Gasteiger partial charge in [0.25, 0.3) is 0 Å². The van der Waals surface area contributed by atoms with Crippen molar-refractivity contribution < 1.29 is 24.1 Å². The first-order valence-electron chi connectivity index (χ1n) is 10.9. The maximum atomic E-state index is 12.7. The third-order valence-electron chi connectivity index (χ3n) is 5.07. The Balaban J connectivity index is 1.88. The van der Waals surface area contributed by atoms with Crippen LogP contribution in [0.3, 0.4) is 0 Å². The Morgan fingerprint density at radius 1 is 0.839 bits per heavy atom. The van der Waals surface area contributed by atoms with Crippen molar-refractivity contribution in [3.05, 3.63) is 46.6 Å². The van der Waals surface area contributed by atoms with Gasteiger partial charge in [0.05, 0.1) is 13.2 Å². The van der Waals surface area contributed by atoms with Crippen LogP contribution in [0.15, 0.2) is 45.6 Å². The number of phenolic OH excluding ortho intramolecular Hbond substituents is 1. The Hall–Kier alpha value is -3.15. The predicted octanol–water partition coefficient (Wildman–Crippen LogP) is 6.01. The molecule has 0 aliphatic carbocycles. The van der Waals surface area contributed by atoms with Crippen molar-refractivity contribution in [2.24, 2.45) is 0 Å². The number of hydrogen-bond donors (Lipinski definition) is 2. The molecule has 0 bridgehead atoms. The van der Waals surface area contributed by atoms with E-state index < -0.39 is 11.2 Å². The van der Waals surface area contributed by atoms with Gasteiger partial charge in [0.1, 0.15) is 28.2 Å². The van der Waals surface area contributed by atoms with E-state index in [2.05, 4.69) is 13.8 Å². The molecule has 166 valence electrons. The second-order valence-corrected chi connectivity index (χ2v) is 7.56. The molecule has 0 radical (unpaired) electrons. The van der Waals surface area contributed by atoms with Crippen LogP contribution in [-0.4, -0.2) is 23.4 Å². The van der Waals surface area contributed by atoms with E-state index in [1.165, 1.54) is 6.07 Å². The average molecular weight is 427 g/mol. The van der Waals surface area contributed by atoms with Gasteiger partial charge in [-0.25, -0.2) is 0 Å². The fraction of sp³-hybridized carbons (Fsp3) is 0.400. The maximum absolute atomic E-state index is 12.7. The van der Waals surface area contributed by atoms with Crippen LogP contribution in [0.2, 0.25) is 0 Å². The third kappa shape index (κ3) is 5.51. The van der Waals surface area contributed by atoms with E-state index in [0.29, 0.717) is 30.3 Å². The van der Waals surface area contributed by atoms with Crippen LogP contribution in [0.1, 0.15) is 52.4 Å². The lowest BCUT2D eigenvalue weighted by atomic mass is 10.1. The lowest BCUT2D eigenvalue weighted by Gasteiger charge is -2.11. The highest BCUT2D eigenvalue weighted by atomic mass is 16.5. The number of ether oxygens (including phenoxy) is 2. The molecule has 2 N–H and O–H groups in total. The van der Waals surface area contributed by atoms with Gasteiger partial charge >= 0.3 is 0 Å². The van der Waals surface area contributed by atoms with Crippen molar-refractivity contribution in [3.63, 3.8) is 0 Å². The van der Waals surface area contributed by atoms with Crippen LogP contribution in [0.25, 0.3) is 22.3 Å². The van der Waals surface area contributed by atoms with Crippen LogP contribution in [0.4, 0.5) is 0 Å². The Bertz CT molecular complexity index is 1050. The molecule has 31 heavy (non-hydrogen) atoms. The lowest BCUT2D eigenvalue weighted by Crippen LogP contribution is -2.04.